The maximum absolute atomic E-state index is 12.4. The van der Waals surface area contributed by atoms with Crippen LogP contribution in [0.25, 0.3) is 0 Å². The van der Waals surface area contributed by atoms with Crippen LogP contribution in [0.15, 0.2) is 48.5 Å². The second kappa shape index (κ2) is 7.04. The minimum Gasteiger partial charge on any atom is -0.434 e. The summed E-state index contributed by atoms with van der Waals surface area (Å²) in [6.07, 6.45) is 0. The van der Waals surface area contributed by atoms with Crippen LogP contribution >= 0.6 is 0 Å². The second-order valence-corrected chi connectivity index (χ2v) is 4.64. The average Bonchev–Trinajstić information content (AvgIpc) is 2.48. The third-order valence-electron chi connectivity index (χ3n) is 3.12. The first-order valence-electron chi connectivity index (χ1n) is 6.60. The van der Waals surface area contributed by atoms with Gasteiger partial charge in [0.15, 0.2) is 0 Å². The minimum absolute atomic E-state index is 0.0130. The molecule has 0 saturated carbocycles. The van der Waals surface area contributed by atoms with Crippen molar-refractivity contribution in [1.82, 2.24) is 0 Å². The average molecular weight is 293 g/mol. The summed E-state index contributed by atoms with van der Waals surface area (Å²) in [5.74, 6) is 0.166. The molecule has 21 heavy (non-hydrogen) atoms. The van der Waals surface area contributed by atoms with Crippen LogP contribution in [-0.2, 0) is 6.61 Å². The number of ether oxygens (including phenoxy) is 1. The molecule has 0 aliphatic heterocycles. The van der Waals surface area contributed by atoms with E-state index in [-0.39, 0.29) is 18.4 Å². The molecule has 1 unspecified atom stereocenters. The van der Waals surface area contributed by atoms with Crippen LogP contribution < -0.4 is 10.1 Å². The number of benzene rings is 2. The van der Waals surface area contributed by atoms with Crippen molar-refractivity contribution in [3.63, 3.8) is 0 Å². The van der Waals surface area contributed by atoms with Crippen molar-refractivity contribution in [3.8, 4) is 5.75 Å². The normalized spacial score (nSPS) is 12.2. The lowest BCUT2D eigenvalue weighted by Gasteiger charge is -2.19. The fourth-order valence-corrected chi connectivity index (χ4v) is 2.08. The van der Waals surface area contributed by atoms with E-state index in [9.17, 15) is 8.78 Å². The highest BCUT2D eigenvalue weighted by molar-refractivity contribution is 5.48. The molecule has 2 aromatic carbocycles. The molecule has 0 saturated heterocycles. The molecule has 0 bridgehead atoms. The van der Waals surface area contributed by atoms with E-state index in [1.807, 2.05) is 19.1 Å². The van der Waals surface area contributed by atoms with Gasteiger partial charge in [0, 0.05) is 11.3 Å². The zero-order valence-electron chi connectivity index (χ0n) is 11.6. The van der Waals surface area contributed by atoms with E-state index in [4.69, 9.17) is 5.11 Å². The maximum Gasteiger partial charge on any atom is 0.387 e. The van der Waals surface area contributed by atoms with Gasteiger partial charge in [0.25, 0.3) is 0 Å². The van der Waals surface area contributed by atoms with E-state index in [1.54, 1.807) is 30.3 Å². The third-order valence-corrected chi connectivity index (χ3v) is 3.12. The molecule has 5 heteroatoms. The zero-order valence-corrected chi connectivity index (χ0v) is 11.6. The summed E-state index contributed by atoms with van der Waals surface area (Å²) >= 11 is 0. The number of para-hydroxylation sites is 1. The van der Waals surface area contributed by atoms with Crippen LogP contribution in [0.2, 0.25) is 0 Å². The number of anilines is 1. The highest BCUT2D eigenvalue weighted by atomic mass is 19.3. The number of aliphatic hydroxyl groups excluding tert-OH is 1. The van der Waals surface area contributed by atoms with E-state index in [1.165, 1.54) is 6.07 Å². The molecule has 0 amide bonds. The van der Waals surface area contributed by atoms with Gasteiger partial charge in [0.2, 0.25) is 0 Å². The van der Waals surface area contributed by atoms with Crippen LogP contribution in [0.3, 0.4) is 0 Å². The number of hydrogen-bond donors (Lipinski definition) is 2. The fraction of sp³-hybridized carbons (Fsp3) is 0.250. The Kier molecular flexibility index (Phi) is 5.11. The van der Waals surface area contributed by atoms with E-state index in [0.29, 0.717) is 5.56 Å². The smallest absolute Gasteiger partial charge is 0.387 e. The lowest BCUT2D eigenvalue weighted by Crippen LogP contribution is -2.11. The van der Waals surface area contributed by atoms with Crippen molar-refractivity contribution in [2.75, 3.05) is 5.32 Å². The molecule has 2 aromatic rings. The highest BCUT2D eigenvalue weighted by Gasteiger charge is 2.14. The molecule has 1 atom stereocenters. The van der Waals surface area contributed by atoms with Gasteiger partial charge in [-0.25, -0.2) is 0 Å². The van der Waals surface area contributed by atoms with Crippen molar-refractivity contribution in [2.24, 2.45) is 0 Å². The van der Waals surface area contributed by atoms with Gasteiger partial charge in [0.05, 0.1) is 12.6 Å². The first-order chi connectivity index (χ1) is 10.1. The fourth-order valence-electron chi connectivity index (χ4n) is 2.08. The van der Waals surface area contributed by atoms with Gasteiger partial charge in [-0.3, -0.25) is 0 Å². The molecular weight excluding hydrogens is 276 g/mol. The van der Waals surface area contributed by atoms with Crippen LogP contribution in [0, 0.1) is 0 Å². The van der Waals surface area contributed by atoms with Gasteiger partial charge < -0.3 is 15.2 Å². The SMILES string of the molecule is CC(Nc1ccc(CO)cc1)c1ccccc1OC(F)F. The Bertz CT molecular complexity index is 573. The first-order valence-corrected chi connectivity index (χ1v) is 6.60. The van der Waals surface area contributed by atoms with Gasteiger partial charge in [-0.2, -0.15) is 8.78 Å². The van der Waals surface area contributed by atoms with Crippen LogP contribution in [0.5, 0.6) is 5.75 Å². The van der Waals surface area contributed by atoms with Crippen LogP contribution in [0.4, 0.5) is 14.5 Å². The zero-order chi connectivity index (χ0) is 15.2. The highest BCUT2D eigenvalue weighted by Crippen LogP contribution is 2.28. The van der Waals surface area contributed by atoms with Crippen LogP contribution in [-0.4, -0.2) is 11.7 Å². The molecule has 0 radical (unpaired) electrons. The molecule has 0 heterocycles. The first kappa shape index (κ1) is 15.3. The summed E-state index contributed by atoms with van der Waals surface area (Å²) in [4.78, 5) is 0. The lowest BCUT2D eigenvalue weighted by molar-refractivity contribution is -0.0505. The Morgan fingerprint density at radius 3 is 2.38 bits per heavy atom. The molecule has 0 spiro atoms. The van der Waals surface area contributed by atoms with E-state index >= 15 is 0 Å². The number of rotatable bonds is 6. The Morgan fingerprint density at radius 2 is 1.76 bits per heavy atom. The standard InChI is InChI=1S/C16H17F2NO2/c1-11(19-13-8-6-12(10-20)7-9-13)14-4-2-3-5-15(14)21-16(17)18/h2-9,11,16,19-20H,10H2,1H3. The summed E-state index contributed by atoms with van der Waals surface area (Å²) < 4.78 is 29.4. The number of alkyl halides is 2. The second-order valence-electron chi connectivity index (χ2n) is 4.64. The third kappa shape index (κ3) is 4.16. The summed E-state index contributed by atoms with van der Waals surface area (Å²) in [7, 11) is 0. The van der Waals surface area contributed by atoms with Crippen molar-refractivity contribution in [1.29, 1.82) is 0 Å². The lowest BCUT2D eigenvalue weighted by atomic mass is 10.1. The Labute approximate surface area is 122 Å². The monoisotopic (exact) mass is 293 g/mol. The molecule has 0 aliphatic carbocycles. The quantitative estimate of drug-likeness (QED) is 0.847. The summed E-state index contributed by atoms with van der Waals surface area (Å²) in [5.41, 5.74) is 2.31. The molecule has 2 rings (SSSR count). The van der Waals surface area contributed by atoms with E-state index in [0.717, 1.165) is 11.3 Å². The minimum atomic E-state index is -2.85. The predicted octanol–water partition coefficient (Wildman–Crippen LogP) is 3.95. The van der Waals surface area contributed by atoms with E-state index < -0.39 is 6.61 Å². The van der Waals surface area contributed by atoms with Gasteiger partial charge in [0.1, 0.15) is 5.75 Å². The van der Waals surface area contributed by atoms with Crippen LogP contribution in [0.1, 0.15) is 24.1 Å². The molecular formula is C16H17F2NO2. The number of halogens is 2. The molecule has 3 nitrogen and oxygen atoms in total. The van der Waals surface area contributed by atoms with Crippen molar-refractivity contribution in [3.05, 3.63) is 59.7 Å². The largest absolute Gasteiger partial charge is 0.434 e. The molecule has 0 aromatic heterocycles. The van der Waals surface area contributed by atoms with E-state index in [2.05, 4.69) is 10.1 Å². The molecule has 112 valence electrons. The summed E-state index contributed by atoms with van der Waals surface area (Å²) in [6, 6.07) is 13.8. The van der Waals surface area contributed by atoms with Gasteiger partial charge in [-0.05, 0) is 30.7 Å². The molecule has 0 fully saturated rings. The molecule has 2 N–H and O–H groups in total. The van der Waals surface area contributed by atoms with Crippen molar-refractivity contribution >= 4 is 5.69 Å². The van der Waals surface area contributed by atoms with Gasteiger partial charge >= 0.3 is 6.61 Å². The predicted molar refractivity (Wildman–Crippen MR) is 77.5 cm³/mol. The van der Waals surface area contributed by atoms with Crippen molar-refractivity contribution < 1.29 is 18.6 Å². The topological polar surface area (TPSA) is 41.5 Å². The number of hydrogen-bond acceptors (Lipinski definition) is 3. The summed E-state index contributed by atoms with van der Waals surface area (Å²) in [5, 5.41) is 12.2. The maximum atomic E-state index is 12.4. The Balaban J connectivity index is 2.13. The van der Waals surface area contributed by atoms with Gasteiger partial charge in [-0.15, -0.1) is 0 Å². The Hall–Kier alpha value is -2.14. The van der Waals surface area contributed by atoms with Crippen molar-refractivity contribution in [2.45, 2.75) is 26.2 Å². The Morgan fingerprint density at radius 1 is 1.10 bits per heavy atom. The number of aliphatic hydroxyl groups is 1. The molecule has 0 aliphatic rings. The number of nitrogens with one attached hydrogen (secondary N) is 1. The van der Waals surface area contributed by atoms with Gasteiger partial charge in [-0.1, -0.05) is 30.3 Å². The summed E-state index contributed by atoms with van der Waals surface area (Å²) in [6.45, 7) is -0.990.